The van der Waals surface area contributed by atoms with Gasteiger partial charge in [-0.1, -0.05) is 11.6 Å². The molecule has 6 heteroatoms. The molecule has 1 aliphatic heterocycles. The molecule has 1 saturated heterocycles. The van der Waals surface area contributed by atoms with Crippen molar-refractivity contribution in [2.75, 3.05) is 13.1 Å². The molecule has 1 fully saturated rings. The summed E-state index contributed by atoms with van der Waals surface area (Å²) in [7, 11) is 0. The van der Waals surface area contributed by atoms with Crippen LogP contribution in [-0.2, 0) is 4.79 Å². The molecule has 102 valence electrons. The van der Waals surface area contributed by atoms with Crippen molar-refractivity contribution in [3.05, 3.63) is 28.8 Å². The van der Waals surface area contributed by atoms with Gasteiger partial charge in [0.25, 0.3) is 5.91 Å². The molecule has 1 heterocycles. The second-order valence-corrected chi connectivity index (χ2v) is 5.06. The number of amides is 2. The summed E-state index contributed by atoms with van der Waals surface area (Å²) < 4.78 is 0. The highest BCUT2D eigenvalue weighted by Gasteiger charge is 2.28. The van der Waals surface area contributed by atoms with Crippen molar-refractivity contribution in [3.8, 4) is 5.75 Å². The van der Waals surface area contributed by atoms with E-state index in [0.717, 1.165) is 6.42 Å². The molecule has 1 atom stereocenters. The van der Waals surface area contributed by atoms with Crippen molar-refractivity contribution >= 4 is 23.4 Å². The first kappa shape index (κ1) is 13.7. The number of rotatable bonds is 2. The number of halogens is 1. The van der Waals surface area contributed by atoms with Gasteiger partial charge in [0, 0.05) is 13.1 Å². The Bertz CT molecular complexity index is 519. The molecule has 19 heavy (non-hydrogen) atoms. The Labute approximate surface area is 116 Å². The highest BCUT2D eigenvalue weighted by atomic mass is 35.5. The Morgan fingerprint density at radius 3 is 2.84 bits per heavy atom. The van der Waals surface area contributed by atoms with Crippen molar-refractivity contribution < 1.29 is 14.7 Å². The van der Waals surface area contributed by atoms with E-state index in [9.17, 15) is 14.7 Å². The topological polar surface area (TPSA) is 83.6 Å². The van der Waals surface area contributed by atoms with Crippen LogP contribution >= 0.6 is 11.6 Å². The summed E-state index contributed by atoms with van der Waals surface area (Å²) in [6, 6.07) is 4.22. The van der Waals surface area contributed by atoms with E-state index in [4.69, 9.17) is 17.3 Å². The molecule has 2 rings (SSSR count). The smallest absolute Gasteiger partial charge is 0.255 e. The number of hydrogen-bond donors (Lipinski definition) is 2. The number of carbonyl (C=O) groups excluding carboxylic acids is 2. The van der Waals surface area contributed by atoms with Crippen molar-refractivity contribution in [2.24, 2.45) is 11.7 Å². The van der Waals surface area contributed by atoms with Crippen LogP contribution in [0.2, 0.25) is 5.02 Å². The molecule has 2 amide bonds. The number of benzene rings is 1. The summed E-state index contributed by atoms with van der Waals surface area (Å²) in [5, 5.41) is 9.70. The highest BCUT2D eigenvalue weighted by Crippen LogP contribution is 2.25. The molecule has 0 spiro atoms. The van der Waals surface area contributed by atoms with E-state index in [2.05, 4.69) is 0 Å². The fraction of sp³-hybridized carbons (Fsp3) is 0.385. The third kappa shape index (κ3) is 2.98. The maximum atomic E-state index is 12.3. The molecule has 1 unspecified atom stereocenters. The number of nitrogens with two attached hydrogens (primary N) is 1. The van der Waals surface area contributed by atoms with E-state index in [1.165, 1.54) is 18.2 Å². The minimum Gasteiger partial charge on any atom is -0.508 e. The number of phenolic OH excluding ortho intramolecular Hbond substituents is 1. The van der Waals surface area contributed by atoms with Crippen molar-refractivity contribution in [1.82, 2.24) is 4.90 Å². The van der Waals surface area contributed by atoms with E-state index in [1.807, 2.05) is 0 Å². The van der Waals surface area contributed by atoms with Crippen LogP contribution in [0.1, 0.15) is 23.2 Å². The summed E-state index contributed by atoms with van der Waals surface area (Å²) in [6.45, 7) is 0.870. The van der Waals surface area contributed by atoms with Gasteiger partial charge in [0.1, 0.15) is 5.75 Å². The second-order valence-electron chi connectivity index (χ2n) is 4.66. The fourth-order valence-electron chi connectivity index (χ4n) is 2.24. The van der Waals surface area contributed by atoms with Crippen LogP contribution in [0.5, 0.6) is 5.75 Å². The molecule has 5 nitrogen and oxygen atoms in total. The number of phenols is 1. The van der Waals surface area contributed by atoms with E-state index in [0.29, 0.717) is 19.5 Å². The largest absolute Gasteiger partial charge is 0.508 e. The van der Waals surface area contributed by atoms with Crippen molar-refractivity contribution in [2.45, 2.75) is 12.8 Å². The van der Waals surface area contributed by atoms with Crippen molar-refractivity contribution in [1.29, 1.82) is 0 Å². The van der Waals surface area contributed by atoms with Crippen LogP contribution < -0.4 is 5.73 Å². The lowest BCUT2D eigenvalue weighted by Gasteiger charge is -2.31. The normalized spacial score (nSPS) is 19.2. The molecule has 1 aromatic rings. The standard InChI is InChI=1S/C13H15ClN2O3/c14-11-4-3-9(17)6-10(11)13(19)16-5-1-2-8(7-16)12(15)18/h3-4,6,8,17H,1-2,5,7H2,(H2,15,18). The molecule has 0 radical (unpaired) electrons. The molecular weight excluding hydrogens is 268 g/mol. The molecular formula is C13H15ClN2O3. The first-order valence-corrected chi connectivity index (χ1v) is 6.44. The minimum absolute atomic E-state index is 0.0174. The summed E-state index contributed by atoms with van der Waals surface area (Å²) in [4.78, 5) is 25.1. The predicted molar refractivity (Wildman–Crippen MR) is 70.9 cm³/mol. The Kier molecular flexibility index (Phi) is 3.95. The Hall–Kier alpha value is -1.75. The predicted octanol–water partition coefficient (Wildman–Crippen LogP) is 1.38. The maximum Gasteiger partial charge on any atom is 0.255 e. The van der Waals surface area contributed by atoms with Gasteiger partial charge in [-0.05, 0) is 31.0 Å². The first-order valence-electron chi connectivity index (χ1n) is 6.06. The third-order valence-corrected chi connectivity index (χ3v) is 3.62. The molecule has 1 aliphatic rings. The van der Waals surface area contributed by atoms with Crippen LogP contribution in [0.15, 0.2) is 18.2 Å². The van der Waals surface area contributed by atoms with E-state index in [1.54, 1.807) is 4.90 Å². The Morgan fingerprint density at radius 1 is 1.42 bits per heavy atom. The maximum absolute atomic E-state index is 12.3. The molecule has 0 aromatic heterocycles. The summed E-state index contributed by atoms with van der Waals surface area (Å²) >= 11 is 5.96. The molecule has 1 aromatic carbocycles. The highest BCUT2D eigenvalue weighted by molar-refractivity contribution is 6.33. The second kappa shape index (κ2) is 5.48. The lowest BCUT2D eigenvalue weighted by molar-refractivity contribution is -0.123. The van der Waals surface area contributed by atoms with Gasteiger partial charge in [-0.15, -0.1) is 0 Å². The zero-order valence-electron chi connectivity index (χ0n) is 10.3. The van der Waals surface area contributed by atoms with Gasteiger partial charge in [0.2, 0.25) is 5.91 Å². The molecule has 3 N–H and O–H groups in total. The van der Waals surface area contributed by atoms with Gasteiger partial charge >= 0.3 is 0 Å². The van der Waals surface area contributed by atoms with Gasteiger partial charge < -0.3 is 15.7 Å². The lowest BCUT2D eigenvalue weighted by atomic mass is 9.97. The molecule has 0 saturated carbocycles. The third-order valence-electron chi connectivity index (χ3n) is 3.29. The first-order chi connectivity index (χ1) is 8.99. The number of piperidine rings is 1. The van der Waals surface area contributed by atoms with Crippen LogP contribution in [-0.4, -0.2) is 34.9 Å². The summed E-state index contributed by atoms with van der Waals surface area (Å²) in [5.74, 6) is -1.00. The number of aromatic hydroxyl groups is 1. The van der Waals surface area contributed by atoms with Crippen LogP contribution in [0.25, 0.3) is 0 Å². The summed E-state index contributed by atoms with van der Waals surface area (Å²) in [5.41, 5.74) is 5.52. The lowest BCUT2D eigenvalue weighted by Crippen LogP contribution is -2.44. The number of primary amides is 1. The minimum atomic E-state index is -0.389. The molecule has 0 bridgehead atoms. The number of carbonyl (C=O) groups is 2. The number of nitrogens with zero attached hydrogens (tertiary/aromatic N) is 1. The van der Waals surface area contributed by atoms with E-state index in [-0.39, 0.29) is 34.1 Å². The quantitative estimate of drug-likeness (QED) is 0.859. The van der Waals surface area contributed by atoms with Crippen LogP contribution in [0, 0.1) is 5.92 Å². The van der Waals surface area contributed by atoms with Crippen molar-refractivity contribution in [3.63, 3.8) is 0 Å². The molecule has 0 aliphatic carbocycles. The average Bonchev–Trinajstić information content (AvgIpc) is 2.41. The van der Waals surface area contributed by atoms with Gasteiger partial charge in [-0.2, -0.15) is 0 Å². The monoisotopic (exact) mass is 282 g/mol. The van der Waals surface area contributed by atoms with Gasteiger partial charge in [0.15, 0.2) is 0 Å². The number of hydrogen-bond acceptors (Lipinski definition) is 3. The average molecular weight is 283 g/mol. The van der Waals surface area contributed by atoms with Crippen LogP contribution in [0.4, 0.5) is 0 Å². The fourth-order valence-corrected chi connectivity index (χ4v) is 2.44. The SMILES string of the molecule is NC(=O)C1CCCN(C(=O)c2cc(O)ccc2Cl)C1. The zero-order valence-corrected chi connectivity index (χ0v) is 11.1. The number of likely N-dealkylation sites (tertiary alicyclic amines) is 1. The Balaban J connectivity index is 2.19. The van der Waals surface area contributed by atoms with Gasteiger partial charge in [-0.25, -0.2) is 0 Å². The van der Waals surface area contributed by atoms with Gasteiger partial charge in [-0.3, -0.25) is 9.59 Å². The van der Waals surface area contributed by atoms with E-state index >= 15 is 0 Å². The van der Waals surface area contributed by atoms with E-state index < -0.39 is 0 Å². The van der Waals surface area contributed by atoms with Gasteiger partial charge in [0.05, 0.1) is 16.5 Å². The Morgan fingerprint density at radius 2 is 2.16 bits per heavy atom. The van der Waals surface area contributed by atoms with Crippen LogP contribution in [0.3, 0.4) is 0 Å². The zero-order chi connectivity index (χ0) is 14.0. The summed E-state index contributed by atoms with van der Waals surface area (Å²) in [6.07, 6.45) is 1.43.